The quantitative estimate of drug-likeness (QED) is 0.752. The number of carbonyl (C=O) groups excluding carboxylic acids is 1. The summed E-state index contributed by atoms with van der Waals surface area (Å²) in [6, 6.07) is 6.21. The van der Waals surface area contributed by atoms with E-state index in [0.29, 0.717) is 0 Å². The Morgan fingerprint density at radius 1 is 1.47 bits per heavy atom. The summed E-state index contributed by atoms with van der Waals surface area (Å²) in [7, 11) is 0. The van der Waals surface area contributed by atoms with E-state index in [2.05, 4.69) is 17.4 Å². The molecule has 3 heteroatoms. The first-order valence-corrected chi connectivity index (χ1v) is 5.30. The third kappa shape index (κ3) is 2.02. The molecule has 0 bridgehead atoms. The molecule has 0 fully saturated rings. The molecular weight excluding hydrogens is 188 g/mol. The number of hydrogen-bond acceptors (Lipinski definition) is 2. The minimum atomic E-state index is -0.260. The molecule has 1 heterocycles. The lowest BCUT2D eigenvalue weighted by atomic mass is 9.93. The second kappa shape index (κ2) is 4.03. The maximum Gasteiger partial charge on any atom is 0.224 e. The van der Waals surface area contributed by atoms with Gasteiger partial charge in [-0.15, -0.1) is 0 Å². The molecule has 0 aliphatic carbocycles. The van der Waals surface area contributed by atoms with Gasteiger partial charge in [-0.25, -0.2) is 0 Å². The minimum absolute atomic E-state index is 0.190. The molecule has 1 aliphatic rings. The highest BCUT2D eigenvalue weighted by molar-refractivity contribution is 5.81. The third-order valence-electron chi connectivity index (χ3n) is 3.04. The van der Waals surface area contributed by atoms with Gasteiger partial charge in [0, 0.05) is 6.54 Å². The Hall–Kier alpha value is -1.35. The van der Waals surface area contributed by atoms with E-state index in [9.17, 15) is 4.79 Å². The minimum Gasteiger partial charge on any atom is -0.369 e. The summed E-state index contributed by atoms with van der Waals surface area (Å²) >= 11 is 0. The first-order valence-electron chi connectivity index (χ1n) is 5.30. The van der Waals surface area contributed by atoms with E-state index in [4.69, 9.17) is 5.73 Å². The van der Waals surface area contributed by atoms with Crippen LogP contribution in [0, 0.1) is 0 Å². The molecule has 3 N–H and O–H groups in total. The zero-order chi connectivity index (χ0) is 10.8. The van der Waals surface area contributed by atoms with Gasteiger partial charge in [0.25, 0.3) is 0 Å². The summed E-state index contributed by atoms with van der Waals surface area (Å²) < 4.78 is 0. The SMILES string of the molecule is CC(C(N)=O)c1ccc2c(c1)CCNC2. The van der Waals surface area contributed by atoms with Crippen LogP contribution in [0.4, 0.5) is 0 Å². The predicted octanol–water partition coefficient (Wildman–Crippen LogP) is 0.921. The predicted molar refractivity (Wildman–Crippen MR) is 59.5 cm³/mol. The average Bonchev–Trinajstić information content (AvgIpc) is 2.27. The van der Waals surface area contributed by atoms with E-state index in [1.165, 1.54) is 11.1 Å². The second-order valence-electron chi connectivity index (χ2n) is 4.08. The Labute approximate surface area is 89.7 Å². The number of primary amides is 1. The van der Waals surface area contributed by atoms with Crippen molar-refractivity contribution < 1.29 is 4.79 Å². The van der Waals surface area contributed by atoms with Crippen LogP contribution in [0.3, 0.4) is 0 Å². The summed E-state index contributed by atoms with van der Waals surface area (Å²) in [6.07, 6.45) is 1.04. The lowest BCUT2D eigenvalue weighted by Gasteiger charge is -2.19. The molecule has 1 unspecified atom stereocenters. The van der Waals surface area contributed by atoms with Crippen molar-refractivity contribution in [1.29, 1.82) is 0 Å². The second-order valence-corrected chi connectivity index (χ2v) is 4.08. The van der Waals surface area contributed by atoms with Crippen LogP contribution in [0.25, 0.3) is 0 Å². The van der Waals surface area contributed by atoms with Crippen LogP contribution >= 0.6 is 0 Å². The van der Waals surface area contributed by atoms with Gasteiger partial charge in [0.15, 0.2) is 0 Å². The Morgan fingerprint density at radius 3 is 3.00 bits per heavy atom. The fourth-order valence-corrected chi connectivity index (χ4v) is 1.93. The molecule has 1 aliphatic heterocycles. The van der Waals surface area contributed by atoms with E-state index >= 15 is 0 Å². The Kier molecular flexibility index (Phi) is 2.73. The topological polar surface area (TPSA) is 55.1 Å². The number of benzene rings is 1. The van der Waals surface area contributed by atoms with E-state index in [1.807, 2.05) is 13.0 Å². The van der Waals surface area contributed by atoms with E-state index in [1.54, 1.807) is 0 Å². The van der Waals surface area contributed by atoms with Crippen molar-refractivity contribution in [3.8, 4) is 0 Å². The van der Waals surface area contributed by atoms with Crippen LogP contribution in [0.1, 0.15) is 29.5 Å². The number of rotatable bonds is 2. The molecule has 1 aromatic rings. The molecule has 2 rings (SSSR count). The number of hydrogen-bond donors (Lipinski definition) is 2. The molecule has 15 heavy (non-hydrogen) atoms. The van der Waals surface area contributed by atoms with Gasteiger partial charge >= 0.3 is 0 Å². The highest BCUT2D eigenvalue weighted by atomic mass is 16.1. The summed E-state index contributed by atoms with van der Waals surface area (Å²) in [5, 5.41) is 3.32. The normalized spacial score (nSPS) is 16.9. The van der Waals surface area contributed by atoms with Gasteiger partial charge in [0.2, 0.25) is 5.91 Å². The molecule has 1 atom stereocenters. The summed E-state index contributed by atoms with van der Waals surface area (Å²) in [5.41, 5.74) is 9.00. The zero-order valence-corrected chi connectivity index (χ0v) is 8.92. The number of nitrogens with two attached hydrogens (primary N) is 1. The van der Waals surface area contributed by atoms with E-state index in [0.717, 1.165) is 25.1 Å². The Balaban J connectivity index is 2.31. The molecule has 3 nitrogen and oxygen atoms in total. The first-order chi connectivity index (χ1) is 7.18. The van der Waals surface area contributed by atoms with Crippen molar-refractivity contribution in [2.75, 3.05) is 6.54 Å². The molecule has 0 saturated heterocycles. The van der Waals surface area contributed by atoms with E-state index in [-0.39, 0.29) is 11.8 Å². The van der Waals surface area contributed by atoms with Crippen LogP contribution < -0.4 is 11.1 Å². The first kappa shape index (κ1) is 10.2. The maximum absolute atomic E-state index is 11.1. The molecule has 1 amide bonds. The van der Waals surface area contributed by atoms with E-state index < -0.39 is 0 Å². The van der Waals surface area contributed by atoms with Crippen molar-refractivity contribution in [2.45, 2.75) is 25.8 Å². The lowest BCUT2D eigenvalue weighted by molar-refractivity contribution is -0.119. The van der Waals surface area contributed by atoms with Crippen LogP contribution in [0.5, 0.6) is 0 Å². The van der Waals surface area contributed by atoms with Gasteiger partial charge in [-0.3, -0.25) is 4.79 Å². The maximum atomic E-state index is 11.1. The van der Waals surface area contributed by atoms with Crippen LogP contribution in [0.2, 0.25) is 0 Å². The van der Waals surface area contributed by atoms with Crippen molar-refractivity contribution in [3.05, 3.63) is 34.9 Å². The van der Waals surface area contributed by atoms with Crippen LogP contribution in [-0.2, 0) is 17.8 Å². The highest BCUT2D eigenvalue weighted by Crippen LogP contribution is 2.21. The largest absolute Gasteiger partial charge is 0.369 e. The van der Waals surface area contributed by atoms with Crippen molar-refractivity contribution >= 4 is 5.91 Å². The molecule has 0 spiro atoms. The van der Waals surface area contributed by atoms with Crippen LogP contribution in [-0.4, -0.2) is 12.5 Å². The highest BCUT2D eigenvalue weighted by Gasteiger charge is 2.14. The standard InChI is InChI=1S/C12H16N2O/c1-8(12(13)15)9-2-3-11-7-14-5-4-10(11)6-9/h2-3,6,8,14H,4-5,7H2,1H3,(H2,13,15). The van der Waals surface area contributed by atoms with Crippen molar-refractivity contribution in [1.82, 2.24) is 5.32 Å². The molecule has 0 saturated carbocycles. The molecule has 1 aromatic carbocycles. The third-order valence-corrected chi connectivity index (χ3v) is 3.04. The molecular formula is C12H16N2O. The van der Waals surface area contributed by atoms with Gasteiger partial charge in [0.1, 0.15) is 0 Å². The van der Waals surface area contributed by atoms with Crippen molar-refractivity contribution in [2.24, 2.45) is 5.73 Å². The summed E-state index contributed by atoms with van der Waals surface area (Å²) in [6.45, 7) is 3.80. The fraction of sp³-hybridized carbons (Fsp3) is 0.417. The number of carbonyl (C=O) groups is 1. The van der Waals surface area contributed by atoms with Gasteiger partial charge in [0.05, 0.1) is 5.92 Å². The zero-order valence-electron chi connectivity index (χ0n) is 8.92. The smallest absolute Gasteiger partial charge is 0.224 e. The number of nitrogens with one attached hydrogen (secondary N) is 1. The summed E-state index contributed by atoms with van der Waals surface area (Å²) in [4.78, 5) is 11.1. The van der Waals surface area contributed by atoms with Crippen LogP contribution in [0.15, 0.2) is 18.2 Å². The number of amides is 1. The molecule has 80 valence electrons. The summed E-state index contributed by atoms with van der Waals surface area (Å²) in [5.74, 6) is -0.450. The average molecular weight is 204 g/mol. The fourth-order valence-electron chi connectivity index (χ4n) is 1.93. The van der Waals surface area contributed by atoms with Gasteiger partial charge in [-0.2, -0.15) is 0 Å². The Bertz CT molecular complexity index is 387. The van der Waals surface area contributed by atoms with Gasteiger partial charge < -0.3 is 11.1 Å². The molecule has 0 radical (unpaired) electrons. The Morgan fingerprint density at radius 2 is 2.27 bits per heavy atom. The monoisotopic (exact) mass is 204 g/mol. The lowest BCUT2D eigenvalue weighted by Crippen LogP contribution is -2.24. The van der Waals surface area contributed by atoms with Gasteiger partial charge in [-0.05, 0) is 36.6 Å². The van der Waals surface area contributed by atoms with Crippen molar-refractivity contribution in [3.63, 3.8) is 0 Å². The van der Waals surface area contributed by atoms with Gasteiger partial charge in [-0.1, -0.05) is 18.2 Å². The molecule has 0 aromatic heterocycles. The number of fused-ring (bicyclic) bond motifs is 1.